The van der Waals surface area contributed by atoms with Crippen LogP contribution in [-0.4, -0.2) is 39.7 Å². The summed E-state index contributed by atoms with van der Waals surface area (Å²) in [7, 11) is 0. The highest BCUT2D eigenvalue weighted by atomic mass is 19.3. The highest BCUT2D eigenvalue weighted by molar-refractivity contribution is 5.74. The van der Waals surface area contributed by atoms with Crippen LogP contribution in [0.25, 0.3) is 5.69 Å². The molecule has 0 bridgehead atoms. The van der Waals surface area contributed by atoms with Crippen molar-refractivity contribution in [3.8, 4) is 5.69 Å². The lowest BCUT2D eigenvalue weighted by molar-refractivity contribution is 0.0606. The van der Waals surface area contributed by atoms with E-state index in [1.165, 1.54) is 4.90 Å². The molecular weight excluding hydrogens is 302 g/mol. The smallest absolute Gasteiger partial charge is 0.318 e. The van der Waals surface area contributed by atoms with Gasteiger partial charge in [-0.2, -0.15) is 5.10 Å². The molecule has 3 rings (SSSR count). The summed E-state index contributed by atoms with van der Waals surface area (Å²) in [5, 5.41) is 6.93. The number of hydrogen-bond acceptors (Lipinski definition) is 2. The lowest BCUT2D eigenvalue weighted by Gasteiger charge is -2.24. The Morgan fingerprint density at radius 2 is 2.13 bits per heavy atom. The Morgan fingerprint density at radius 1 is 1.35 bits per heavy atom. The number of benzene rings is 1. The summed E-state index contributed by atoms with van der Waals surface area (Å²) < 4.78 is 27.4. The normalized spacial score (nSPS) is 17.7. The average molecular weight is 320 g/mol. The van der Waals surface area contributed by atoms with Gasteiger partial charge in [-0.25, -0.2) is 18.3 Å². The van der Waals surface area contributed by atoms with Crippen LogP contribution in [0.1, 0.15) is 18.4 Å². The molecule has 2 heterocycles. The Labute approximate surface area is 132 Å². The maximum absolute atomic E-state index is 12.9. The second kappa shape index (κ2) is 6.76. The lowest BCUT2D eigenvalue weighted by atomic mass is 10.2. The third-order valence-corrected chi connectivity index (χ3v) is 3.95. The van der Waals surface area contributed by atoms with Gasteiger partial charge in [-0.3, -0.25) is 0 Å². The van der Waals surface area contributed by atoms with Crippen LogP contribution in [0.3, 0.4) is 0 Å². The Balaban J connectivity index is 1.58. The van der Waals surface area contributed by atoms with Crippen LogP contribution in [0, 0.1) is 0 Å². The van der Waals surface area contributed by atoms with Gasteiger partial charge in [-0.05, 0) is 25.0 Å². The molecule has 23 heavy (non-hydrogen) atoms. The molecule has 1 aliphatic heterocycles. The second-order valence-corrected chi connectivity index (χ2v) is 5.52. The van der Waals surface area contributed by atoms with E-state index in [-0.39, 0.29) is 6.54 Å². The zero-order valence-electron chi connectivity index (χ0n) is 12.5. The molecule has 2 amide bonds. The molecule has 1 aliphatic rings. The SMILES string of the molecule is O=C(NCc1cnn(-c2ccccc2)c1)N1CCC[C@H]1C(F)F. The number of para-hydroxylation sites is 1. The first-order valence-electron chi connectivity index (χ1n) is 7.57. The fourth-order valence-electron chi connectivity index (χ4n) is 2.76. The quantitative estimate of drug-likeness (QED) is 0.942. The van der Waals surface area contributed by atoms with Crippen LogP contribution in [0.4, 0.5) is 13.6 Å². The summed E-state index contributed by atoms with van der Waals surface area (Å²) in [6.07, 6.45) is 1.95. The minimum absolute atomic E-state index is 0.262. The summed E-state index contributed by atoms with van der Waals surface area (Å²) in [5.41, 5.74) is 1.73. The number of aromatic nitrogens is 2. The summed E-state index contributed by atoms with van der Waals surface area (Å²) in [6, 6.07) is 8.18. The van der Waals surface area contributed by atoms with Crippen molar-refractivity contribution >= 4 is 6.03 Å². The summed E-state index contributed by atoms with van der Waals surface area (Å²) in [5.74, 6) is 0. The van der Waals surface area contributed by atoms with Gasteiger partial charge in [-0.1, -0.05) is 18.2 Å². The van der Waals surface area contributed by atoms with Crippen LogP contribution in [0.15, 0.2) is 42.7 Å². The van der Waals surface area contributed by atoms with Gasteiger partial charge < -0.3 is 10.2 Å². The van der Waals surface area contributed by atoms with Crippen molar-refractivity contribution in [2.75, 3.05) is 6.54 Å². The highest BCUT2D eigenvalue weighted by Crippen LogP contribution is 2.22. The number of amides is 2. The number of carbonyl (C=O) groups is 1. The molecule has 1 saturated heterocycles. The van der Waals surface area contributed by atoms with Crippen LogP contribution >= 0.6 is 0 Å². The predicted octanol–water partition coefficient (Wildman–Crippen LogP) is 2.81. The van der Waals surface area contributed by atoms with Crippen molar-refractivity contribution in [3.05, 3.63) is 48.3 Å². The first-order valence-corrected chi connectivity index (χ1v) is 7.57. The molecule has 1 fully saturated rings. The molecule has 5 nitrogen and oxygen atoms in total. The van der Waals surface area contributed by atoms with Gasteiger partial charge in [0.1, 0.15) is 0 Å². The average Bonchev–Trinajstić information content (AvgIpc) is 3.23. The molecule has 1 N–H and O–H groups in total. The highest BCUT2D eigenvalue weighted by Gasteiger charge is 2.34. The largest absolute Gasteiger partial charge is 0.334 e. The molecule has 0 unspecified atom stereocenters. The molecule has 1 atom stereocenters. The lowest BCUT2D eigenvalue weighted by Crippen LogP contribution is -2.45. The van der Waals surface area contributed by atoms with Gasteiger partial charge in [0.05, 0.1) is 17.9 Å². The summed E-state index contributed by atoms with van der Waals surface area (Å²) >= 11 is 0. The van der Waals surface area contributed by atoms with E-state index in [1.54, 1.807) is 10.9 Å². The zero-order chi connectivity index (χ0) is 16.2. The molecular formula is C16H18F2N4O. The van der Waals surface area contributed by atoms with Crippen LogP contribution in [-0.2, 0) is 6.54 Å². The predicted molar refractivity (Wildman–Crippen MR) is 81.5 cm³/mol. The number of alkyl halides is 2. The van der Waals surface area contributed by atoms with Crippen molar-refractivity contribution in [1.82, 2.24) is 20.0 Å². The number of nitrogens with one attached hydrogen (secondary N) is 1. The number of nitrogens with zero attached hydrogens (tertiary/aromatic N) is 3. The monoisotopic (exact) mass is 320 g/mol. The minimum atomic E-state index is -2.50. The van der Waals surface area contributed by atoms with Gasteiger partial charge in [-0.15, -0.1) is 0 Å². The number of carbonyl (C=O) groups excluding carboxylic acids is 1. The van der Waals surface area contributed by atoms with Crippen molar-refractivity contribution in [2.45, 2.75) is 31.9 Å². The van der Waals surface area contributed by atoms with Gasteiger partial charge >= 0.3 is 6.03 Å². The maximum Gasteiger partial charge on any atom is 0.318 e. The van der Waals surface area contributed by atoms with E-state index >= 15 is 0 Å². The number of urea groups is 1. The van der Waals surface area contributed by atoms with Crippen molar-refractivity contribution < 1.29 is 13.6 Å². The third-order valence-electron chi connectivity index (χ3n) is 3.95. The Hall–Kier alpha value is -2.44. The minimum Gasteiger partial charge on any atom is -0.334 e. The number of likely N-dealkylation sites (tertiary alicyclic amines) is 1. The van der Waals surface area contributed by atoms with Gasteiger partial charge in [0.2, 0.25) is 0 Å². The first kappa shape index (κ1) is 15.5. The summed E-state index contributed by atoms with van der Waals surface area (Å²) in [6.45, 7) is 0.641. The second-order valence-electron chi connectivity index (χ2n) is 5.52. The van der Waals surface area contributed by atoms with Crippen molar-refractivity contribution in [2.24, 2.45) is 0 Å². The third kappa shape index (κ3) is 3.49. The van der Waals surface area contributed by atoms with Gasteiger partial charge in [0, 0.05) is 24.8 Å². The fourth-order valence-corrected chi connectivity index (χ4v) is 2.76. The van der Waals surface area contributed by atoms with Crippen molar-refractivity contribution in [3.63, 3.8) is 0 Å². The van der Waals surface area contributed by atoms with Gasteiger partial charge in [0.25, 0.3) is 6.43 Å². The van der Waals surface area contributed by atoms with E-state index in [0.717, 1.165) is 11.3 Å². The van der Waals surface area contributed by atoms with E-state index < -0.39 is 18.5 Å². The van der Waals surface area contributed by atoms with E-state index in [4.69, 9.17) is 0 Å². The standard InChI is InChI=1S/C16H18F2N4O/c17-15(18)14-7-4-8-21(14)16(23)19-9-12-10-20-22(11-12)13-5-2-1-3-6-13/h1-3,5-6,10-11,14-15H,4,7-9H2,(H,19,23)/t14-/m0/s1. The molecule has 7 heteroatoms. The van der Waals surface area contributed by atoms with E-state index in [0.29, 0.717) is 19.4 Å². The van der Waals surface area contributed by atoms with Gasteiger partial charge in [0.15, 0.2) is 0 Å². The molecule has 0 aliphatic carbocycles. The van der Waals surface area contributed by atoms with E-state index in [1.807, 2.05) is 36.5 Å². The fraction of sp³-hybridized carbons (Fsp3) is 0.375. The number of hydrogen-bond donors (Lipinski definition) is 1. The Kier molecular flexibility index (Phi) is 4.55. The Bertz CT molecular complexity index is 659. The van der Waals surface area contributed by atoms with Crippen molar-refractivity contribution in [1.29, 1.82) is 0 Å². The van der Waals surface area contributed by atoms with Crippen LogP contribution in [0.2, 0.25) is 0 Å². The first-order chi connectivity index (χ1) is 11.1. The molecule has 0 spiro atoms. The van der Waals surface area contributed by atoms with Crippen LogP contribution in [0.5, 0.6) is 0 Å². The molecule has 2 aromatic rings. The zero-order valence-corrected chi connectivity index (χ0v) is 12.5. The van der Waals surface area contributed by atoms with E-state index in [9.17, 15) is 13.6 Å². The van der Waals surface area contributed by atoms with E-state index in [2.05, 4.69) is 10.4 Å². The summed E-state index contributed by atoms with van der Waals surface area (Å²) in [4.78, 5) is 13.3. The molecule has 0 radical (unpaired) electrons. The maximum atomic E-state index is 12.9. The number of halogens is 2. The Morgan fingerprint density at radius 3 is 2.87 bits per heavy atom. The molecule has 1 aromatic carbocycles. The number of rotatable bonds is 4. The van der Waals surface area contributed by atoms with Crippen LogP contribution < -0.4 is 5.32 Å². The molecule has 1 aromatic heterocycles. The topological polar surface area (TPSA) is 50.2 Å². The molecule has 122 valence electrons. The molecule has 0 saturated carbocycles.